The van der Waals surface area contributed by atoms with Gasteiger partial charge in [0, 0.05) is 16.8 Å². The predicted octanol–water partition coefficient (Wildman–Crippen LogP) is 8.74. The first-order chi connectivity index (χ1) is 18.7. The molecule has 7 aromatic carbocycles. The molecule has 0 bridgehead atoms. The maximum Gasteiger partial charge on any atom is 0.262 e. The van der Waals surface area contributed by atoms with Gasteiger partial charge in [-0.15, -0.1) is 0 Å². The Morgan fingerprint density at radius 2 is 0.842 bits per heavy atom. The van der Waals surface area contributed by atoms with Crippen LogP contribution in [0.25, 0.3) is 75.4 Å². The molecule has 3 heteroatoms. The van der Waals surface area contributed by atoms with Gasteiger partial charge in [0.1, 0.15) is 0 Å². The second kappa shape index (κ2) is 7.64. The summed E-state index contributed by atoms with van der Waals surface area (Å²) in [5.74, 6) is 0. The number of benzene rings is 5. The van der Waals surface area contributed by atoms with Gasteiger partial charge in [0.15, 0.2) is 0 Å². The molecule has 0 aliphatic rings. The molecule has 0 fully saturated rings. The van der Waals surface area contributed by atoms with Gasteiger partial charge < -0.3 is 0 Å². The molecule has 0 N–H and O–H groups in total. The minimum atomic E-state index is -0.121. The lowest BCUT2D eigenvalue weighted by Crippen LogP contribution is -2.30. The summed E-state index contributed by atoms with van der Waals surface area (Å²) in [5, 5.41) is 14.5. The highest BCUT2D eigenvalue weighted by atomic mass is 16.2. The summed E-state index contributed by atoms with van der Waals surface area (Å²) in [6.07, 6.45) is 3.53. The standard InChI is InChI=1S/C35H27NO2/c1-3-9-21(10-4-2)36-34(37)32-30-24-17-7-13-19-11-5-15-22(26(19)24)28(30)29-23-16-6-12-20-14-8-18-25(27(20)23)31(29)33(32)35(36)38/h5-8,11-18,21H,3-4,9-10H2,1-2H3. The van der Waals surface area contributed by atoms with E-state index in [9.17, 15) is 9.59 Å². The third-order valence-corrected chi connectivity index (χ3v) is 8.86. The molecular formula is C35H27NO2. The summed E-state index contributed by atoms with van der Waals surface area (Å²) in [4.78, 5) is 28.9. The van der Waals surface area contributed by atoms with E-state index in [0.717, 1.165) is 79.5 Å². The van der Waals surface area contributed by atoms with Crippen molar-refractivity contribution in [1.29, 1.82) is 0 Å². The van der Waals surface area contributed by atoms with Crippen molar-refractivity contribution in [1.82, 2.24) is 4.57 Å². The Labute approximate surface area is 218 Å². The Morgan fingerprint density at radius 1 is 0.500 bits per heavy atom. The van der Waals surface area contributed by atoms with Crippen LogP contribution in [0, 0.1) is 0 Å². The summed E-state index contributed by atoms with van der Waals surface area (Å²) in [6, 6.07) is 25.5. The molecule has 3 nitrogen and oxygen atoms in total. The fourth-order valence-electron chi connectivity index (χ4n) is 7.50. The number of hydrogen-bond acceptors (Lipinski definition) is 2. The van der Waals surface area contributed by atoms with Crippen LogP contribution in [-0.2, 0) is 0 Å². The van der Waals surface area contributed by atoms with Gasteiger partial charge in [-0.1, -0.05) is 99.5 Å². The highest BCUT2D eigenvalue weighted by Gasteiger charge is 2.29. The maximum atomic E-state index is 14.4. The van der Waals surface area contributed by atoms with Crippen LogP contribution in [0.5, 0.6) is 0 Å². The lowest BCUT2D eigenvalue weighted by molar-refractivity contribution is 0.413. The van der Waals surface area contributed by atoms with E-state index in [0.29, 0.717) is 10.8 Å². The molecule has 0 aliphatic heterocycles. The minimum absolute atomic E-state index is 0.0807. The molecule has 1 heterocycles. The van der Waals surface area contributed by atoms with Crippen LogP contribution < -0.4 is 11.1 Å². The van der Waals surface area contributed by atoms with Crippen molar-refractivity contribution in [3.63, 3.8) is 0 Å². The third-order valence-electron chi connectivity index (χ3n) is 8.86. The quantitative estimate of drug-likeness (QED) is 0.240. The first-order valence-corrected chi connectivity index (χ1v) is 13.8. The van der Waals surface area contributed by atoms with Gasteiger partial charge in [0.25, 0.3) is 11.1 Å². The van der Waals surface area contributed by atoms with E-state index in [-0.39, 0.29) is 17.2 Å². The second-order valence-electron chi connectivity index (χ2n) is 10.9. The highest BCUT2D eigenvalue weighted by Crippen LogP contribution is 2.50. The number of hydrogen-bond donors (Lipinski definition) is 0. The van der Waals surface area contributed by atoms with Crippen LogP contribution in [0.4, 0.5) is 0 Å². The molecule has 0 atom stereocenters. The largest absolute Gasteiger partial charge is 0.271 e. The molecule has 0 aliphatic carbocycles. The number of rotatable bonds is 5. The number of aromatic nitrogens is 1. The molecule has 184 valence electrons. The van der Waals surface area contributed by atoms with Gasteiger partial charge in [0.05, 0.1) is 10.8 Å². The Balaban J connectivity index is 1.78. The van der Waals surface area contributed by atoms with Crippen molar-refractivity contribution in [3.05, 3.63) is 93.5 Å². The normalized spacial score (nSPS) is 12.8. The van der Waals surface area contributed by atoms with Crippen molar-refractivity contribution < 1.29 is 0 Å². The SMILES string of the molecule is CCCC(CCC)n1c(=O)c2c(c1=O)c1c3cccc4cccc(c43)c1c1c3cccc4cccc(c43)c21. The van der Waals surface area contributed by atoms with Crippen LogP contribution in [0.1, 0.15) is 45.6 Å². The van der Waals surface area contributed by atoms with E-state index in [4.69, 9.17) is 0 Å². The van der Waals surface area contributed by atoms with Crippen LogP contribution >= 0.6 is 0 Å². The van der Waals surface area contributed by atoms with Crippen LogP contribution in [0.3, 0.4) is 0 Å². The van der Waals surface area contributed by atoms with Crippen LogP contribution in [-0.4, -0.2) is 4.57 Å². The summed E-state index contributed by atoms with van der Waals surface area (Å²) in [6.45, 7) is 4.26. The Morgan fingerprint density at radius 3 is 1.18 bits per heavy atom. The third kappa shape index (κ3) is 2.49. The van der Waals surface area contributed by atoms with Crippen molar-refractivity contribution in [2.75, 3.05) is 0 Å². The molecule has 8 aromatic rings. The molecule has 38 heavy (non-hydrogen) atoms. The Kier molecular flexibility index (Phi) is 4.39. The zero-order chi connectivity index (χ0) is 25.7. The Bertz CT molecular complexity index is 2140. The van der Waals surface area contributed by atoms with E-state index in [1.807, 2.05) is 0 Å². The van der Waals surface area contributed by atoms with E-state index in [2.05, 4.69) is 86.6 Å². The average molecular weight is 494 g/mol. The zero-order valence-electron chi connectivity index (χ0n) is 21.6. The molecule has 1 aromatic heterocycles. The molecule has 0 saturated carbocycles. The fourth-order valence-corrected chi connectivity index (χ4v) is 7.50. The average Bonchev–Trinajstić information content (AvgIpc) is 3.53. The van der Waals surface area contributed by atoms with Crippen molar-refractivity contribution in [2.45, 2.75) is 45.6 Å². The molecular weight excluding hydrogens is 466 g/mol. The van der Waals surface area contributed by atoms with Gasteiger partial charge in [-0.25, -0.2) is 0 Å². The molecule has 0 radical (unpaired) electrons. The zero-order valence-corrected chi connectivity index (χ0v) is 21.6. The number of fused-ring (bicyclic) bond motifs is 10. The van der Waals surface area contributed by atoms with Gasteiger partial charge in [-0.2, -0.15) is 0 Å². The monoisotopic (exact) mass is 493 g/mol. The van der Waals surface area contributed by atoms with E-state index in [1.54, 1.807) is 4.57 Å². The van der Waals surface area contributed by atoms with Crippen LogP contribution in [0.2, 0.25) is 0 Å². The van der Waals surface area contributed by atoms with Gasteiger partial charge >= 0.3 is 0 Å². The van der Waals surface area contributed by atoms with Crippen molar-refractivity contribution >= 4 is 75.4 Å². The lowest BCUT2D eigenvalue weighted by Gasteiger charge is -2.15. The van der Waals surface area contributed by atoms with E-state index < -0.39 is 0 Å². The summed E-state index contributed by atoms with van der Waals surface area (Å²) < 4.78 is 1.62. The first-order valence-electron chi connectivity index (χ1n) is 13.8. The minimum Gasteiger partial charge on any atom is -0.271 e. The lowest BCUT2D eigenvalue weighted by atomic mass is 9.99. The smallest absolute Gasteiger partial charge is 0.262 e. The van der Waals surface area contributed by atoms with Gasteiger partial charge in [-0.05, 0) is 66.7 Å². The topological polar surface area (TPSA) is 39.1 Å². The van der Waals surface area contributed by atoms with Gasteiger partial charge in [-0.3, -0.25) is 14.2 Å². The van der Waals surface area contributed by atoms with Gasteiger partial charge in [0.2, 0.25) is 0 Å². The van der Waals surface area contributed by atoms with Crippen molar-refractivity contribution in [2.24, 2.45) is 0 Å². The molecule has 0 spiro atoms. The van der Waals surface area contributed by atoms with E-state index in [1.165, 1.54) is 10.8 Å². The Hall–Kier alpha value is -4.24. The molecule has 0 amide bonds. The molecule has 0 unspecified atom stereocenters. The van der Waals surface area contributed by atoms with E-state index >= 15 is 0 Å². The number of nitrogens with zero attached hydrogens (tertiary/aromatic N) is 1. The first kappa shape index (κ1) is 21.8. The molecule has 0 saturated heterocycles. The second-order valence-corrected chi connectivity index (χ2v) is 10.9. The summed E-state index contributed by atoms with van der Waals surface area (Å²) >= 11 is 0. The summed E-state index contributed by atoms with van der Waals surface area (Å²) in [7, 11) is 0. The van der Waals surface area contributed by atoms with Crippen LogP contribution in [0.15, 0.2) is 82.4 Å². The fraction of sp³-hybridized carbons (Fsp3) is 0.200. The summed E-state index contributed by atoms with van der Waals surface area (Å²) in [5.41, 5.74) is -0.243. The highest BCUT2D eigenvalue weighted by molar-refractivity contribution is 6.49. The molecule has 8 rings (SSSR count). The van der Waals surface area contributed by atoms with Crippen molar-refractivity contribution in [3.8, 4) is 0 Å². The maximum absolute atomic E-state index is 14.4. The predicted molar refractivity (Wildman–Crippen MR) is 162 cm³/mol.